The van der Waals surface area contributed by atoms with Gasteiger partial charge in [0, 0.05) is 36.5 Å². The molecule has 1 heterocycles. The molecule has 11 heteroatoms. The van der Waals surface area contributed by atoms with Crippen molar-refractivity contribution in [3.05, 3.63) is 111 Å². The second kappa shape index (κ2) is 13.1. The maximum atomic E-state index is 13.8. The lowest BCUT2D eigenvalue weighted by atomic mass is 9.84. The first-order chi connectivity index (χ1) is 19.4. The molecule has 0 saturated carbocycles. The molecule has 2 atom stereocenters. The zero-order valence-corrected chi connectivity index (χ0v) is 21.9. The van der Waals surface area contributed by atoms with Crippen molar-refractivity contribution in [2.75, 3.05) is 13.2 Å². The molecule has 2 N–H and O–H groups in total. The number of hydrogen-bond acceptors (Lipinski definition) is 6. The highest BCUT2D eigenvalue weighted by Crippen LogP contribution is 2.34. The highest BCUT2D eigenvalue weighted by atomic mass is 19.2. The van der Waals surface area contributed by atoms with Crippen LogP contribution in [0.25, 0.3) is 10.4 Å². The van der Waals surface area contributed by atoms with Gasteiger partial charge < -0.3 is 19.9 Å². The molecule has 208 valence electrons. The van der Waals surface area contributed by atoms with E-state index in [-0.39, 0.29) is 32.0 Å². The number of hydrogen-bond donors (Lipinski definition) is 2. The summed E-state index contributed by atoms with van der Waals surface area (Å²) in [5.41, 5.74) is 9.94. The maximum absolute atomic E-state index is 13.8. The van der Waals surface area contributed by atoms with Crippen molar-refractivity contribution in [1.82, 2.24) is 5.32 Å². The van der Waals surface area contributed by atoms with Crippen molar-refractivity contribution in [2.24, 2.45) is 10.1 Å². The fourth-order valence-electron chi connectivity index (χ4n) is 4.41. The van der Waals surface area contributed by atoms with Crippen LogP contribution >= 0.6 is 0 Å². The van der Waals surface area contributed by atoms with Crippen LogP contribution in [0.2, 0.25) is 0 Å². The van der Waals surface area contributed by atoms with E-state index in [1.807, 2.05) is 24.3 Å². The molecule has 0 aliphatic carbocycles. The molecule has 0 fully saturated rings. The number of aliphatic hydroxyl groups is 1. The van der Waals surface area contributed by atoms with Crippen molar-refractivity contribution >= 4 is 11.8 Å². The van der Waals surface area contributed by atoms with E-state index >= 15 is 0 Å². The monoisotopic (exact) mass is 549 g/mol. The van der Waals surface area contributed by atoms with Gasteiger partial charge in [-0.15, -0.1) is 0 Å². The van der Waals surface area contributed by atoms with Crippen LogP contribution in [0.5, 0.6) is 5.75 Å². The van der Waals surface area contributed by atoms with E-state index < -0.39 is 29.2 Å². The number of halogens is 2. The number of ether oxygens (including phenoxy) is 2. The Bertz CT molecular complexity index is 1430. The van der Waals surface area contributed by atoms with Gasteiger partial charge in [0.05, 0.1) is 13.2 Å². The first-order valence-corrected chi connectivity index (χ1v) is 12.8. The Hall–Kier alpha value is -4.47. The average molecular weight is 550 g/mol. The molecule has 40 heavy (non-hydrogen) atoms. The summed E-state index contributed by atoms with van der Waals surface area (Å²) in [6.45, 7) is 2.21. The fourth-order valence-corrected chi connectivity index (χ4v) is 4.41. The summed E-state index contributed by atoms with van der Waals surface area (Å²) >= 11 is 0. The van der Waals surface area contributed by atoms with Gasteiger partial charge in [-0.3, -0.25) is 4.79 Å². The zero-order valence-electron chi connectivity index (χ0n) is 21.9. The lowest BCUT2D eigenvalue weighted by Gasteiger charge is -2.29. The van der Waals surface area contributed by atoms with Gasteiger partial charge in [-0.05, 0) is 65.5 Å². The molecule has 4 rings (SSSR count). The highest BCUT2D eigenvalue weighted by molar-refractivity contribution is 6.01. The number of amides is 1. The quantitative estimate of drug-likeness (QED) is 0.143. The minimum absolute atomic E-state index is 0.0346. The summed E-state index contributed by atoms with van der Waals surface area (Å²) < 4.78 is 38.8. The van der Waals surface area contributed by atoms with Gasteiger partial charge in [0.15, 0.2) is 17.2 Å². The number of rotatable bonds is 12. The van der Waals surface area contributed by atoms with Crippen LogP contribution in [-0.2, 0) is 29.0 Å². The van der Waals surface area contributed by atoms with E-state index in [0.29, 0.717) is 29.9 Å². The third kappa shape index (κ3) is 6.56. The normalized spacial score (nSPS) is 17.9. The number of aliphatic hydroxyl groups excluding tert-OH is 1. The first kappa shape index (κ1) is 28.5. The van der Waals surface area contributed by atoms with E-state index in [9.17, 15) is 13.6 Å². The van der Waals surface area contributed by atoms with Crippen molar-refractivity contribution in [1.29, 1.82) is 0 Å². The van der Waals surface area contributed by atoms with Crippen LogP contribution in [0.3, 0.4) is 0 Å². The fraction of sp³-hybridized carbons (Fsp3) is 0.310. The number of carbonyl (C=O) groups excluding carboxylic acids is 1. The number of azide groups is 1. The molecule has 1 amide bonds. The van der Waals surface area contributed by atoms with E-state index in [0.717, 1.165) is 23.3 Å². The molecule has 3 aromatic rings. The molecule has 0 radical (unpaired) electrons. The van der Waals surface area contributed by atoms with Crippen LogP contribution in [0.1, 0.15) is 35.6 Å². The molecule has 0 bridgehead atoms. The van der Waals surface area contributed by atoms with Gasteiger partial charge in [0.2, 0.25) is 5.90 Å². The minimum atomic E-state index is -1.41. The summed E-state index contributed by atoms with van der Waals surface area (Å²) in [6.07, 6.45) is -0.0420. The number of aliphatic imine (C=N–C) groups is 1. The van der Waals surface area contributed by atoms with Gasteiger partial charge in [-0.25, -0.2) is 13.8 Å². The Morgan fingerprint density at radius 2 is 1.90 bits per heavy atom. The summed E-state index contributed by atoms with van der Waals surface area (Å²) in [5, 5.41) is 15.4. The summed E-state index contributed by atoms with van der Waals surface area (Å²) in [6, 6.07) is 17.8. The van der Waals surface area contributed by atoms with Crippen LogP contribution in [0.4, 0.5) is 8.78 Å². The number of carbonyl (C=O) groups is 1. The Balaban J connectivity index is 1.66. The van der Waals surface area contributed by atoms with Crippen LogP contribution in [-0.4, -0.2) is 41.8 Å². The standard InChI is InChI=1S/C29H29F2N5O4/c1-19-29(16-22-5-2-3-6-23(22)18-34-36-32,28(38)33-17-20-7-12-25(30)26(31)15-20)35-27(40-19)21-8-10-24(11-9-21)39-14-4-13-37/h2-3,5-12,15,19,37H,4,13-14,16-18H2,1H3,(H,33,38)/t19-,29-/m1/s1. The van der Waals surface area contributed by atoms with Gasteiger partial charge in [0.1, 0.15) is 11.9 Å². The predicted molar refractivity (Wildman–Crippen MR) is 145 cm³/mol. The molecular weight excluding hydrogens is 520 g/mol. The van der Waals surface area contributed by atoms with Crippen molar-refractivity contribution < 1.29 is 28.2 Å². The Kier molecular flexibility index (Phi) is 9.31. The maximum Gasteiger partial charge on any atom is 0.252 e. The molecule has 3 aromatic carbocycles. The largest absolute Gasteiger partial charge is 0.494 e. The SMILES string of the molecule is C[C@H]1OC(c2ccc(OCCCO)cc2)=N[C@@]1(Cc1ccccc1CN=[N+]=[N-])C(=O)NCc1ccc(F)c(F)c1. The first-order valence-electron chi connectivity index (χ1n) is 12.8. The van der Waals surface area contributed by atoms with Crippen molar-refractivity contribution in [3.8, 4) is 5.75 Å². The lowest BCUT2D eigenvalue weighted by Crippen LogP contribution is -2.52. The van der Waals surface area contributed by atoms with Gasteiger partial charge in [-0.2, -0.15) is 0 Å². The lowest BCUT2D eigenvalue weighted by molar-refractivity contribution is -0.128. The molecule has 1 aliphatic heterocycles. The van der Waals surface area contributed by atoms with Crippen molar-refractivity contribution in [3.63, 3.8) is 0 Å². The topological polar surface area (TPSA) is 129 Å². The van der Waals surface area contributed by atoms with Crippen molar-refractivity contribution in [2.45, 2.75) is 44.5 Å². The summed E-state index contributed by atoms with van der Waals surface area (Å²) in [4.78, 5) is 21.5. The number of benzene rings is 3. The Morgan fingerprint density at radius 3 is 2.60 bits per heavy atom. The van der Waals surface area contributed by atoms with Gasteiger partial charge in [0.25, 0.3) is 5.91 Å². The van der Waals surface area contributed by atoms with Crippen LogP contribution < -0.4 is 10.1 Å². The molecular formula is C29H29F2N5O4. The second-order valence-corrected chi connectivity index (χ2v) is 9.32. The highest BCUT2D eigenvalue weighted by Gasteiger charge is 2.50. The minimum Gasteiger partial charge on any atom is -0.494 e. The zero-order chi connectivity index (χ0) is 28.5. The Labute approximate surface area is 230 Å². The van der Waals surface area contributed by atoms with Crippen LogP contribution in [0, 0.1) is 11.6 Å². The summed E-state index contributed by atoms with van der Waals surface area (Å²) in [7, 11) is 0. The van der Waals surface area contributed by atoms with E-state index in [2.05, 4.69) is 15.3 Å². The third-order valence-corrected chi connectivity index (χ3v) is 6.65. The van der Waals surface area contributed by atoms with E-state index in [1.165, 1.54) is 6.07 Å². The average Bonchev–Trinajstić information content (AvgIpc) is 3.30. The third-order valence-electron chi connectivity index (χ3n) is 6.65. The molecule has 9 nitrogen and oxygen atoms in total. The number of nitrogens with zero attached hydrogens (tertiary/aromatic N) is 4. The van der Waals surface area contributed by atoms with Gasteiger partial charge >= 0.3 is 0 Å². The molecule has 0 saturated heterocycles. The molecule has 1 aliphatic rings. The summed E-state index contributed by atoms with van der Waals surface area (Å²) in [5.74, 6) is -1.55. The van der Waals surface area contributed by atoms with Gasteiger partial charge in [-0.1, -0.05) is 35.4 Å². The predicted octanol–water partition coefficient (Wildman–Crippen LogP) is 5.00. The number of nitrogens with one attached hydrogen (secondary N) is 1. The van der Waals surface area contributed by atoms with E-state index in [4.69, 9.17) is 25.1 Å². The van der Waals surface area contributed by atoms with Crippen LogP contribution in [0.15, 0.2) is 76.8 Å². The van der Waals surface area contributed by atoms with E-state index in [1.54, 1.807) is 31.2 Å². The molecule has 0 unspecified atom stereocenters. The molecule has 0 aromatic heterocycles. The smallest absolute Gasteiger partial charge is 0.252 e. The second-order valence-electron chi connectivity index (χ2n) is 9.32. The molecule has 0 spiro atoms. The Morgan fingerprint density at radius 1 is 1.15 bits per heavy atom.